The molecule has 1 aliphatic rings. The number of hydrogen-bond acceptors (Lipinski definition) is 3. The van der Waals surface area contributed by atoms with Gasteiger partial charge in [-0.25, -0.2) is 0 Å². The van der Waals surface area contributed by atoms with Crippen LogP contribution in [0, 0.1) is 11.3 Å². The Kier molecular flexibility index (Phi) is 2.89. The van der Waals surface area contributed by atoms with Gasteiger partial charge in [-0.1, -0.05) is 12.1 Å². The molecule has 1 unspecified atom stereocenters. The monoisotopic (exact) mass is 202 g/mol. The van der Waals surface area contributed by atoms with Gasteiger partial charge in [-0.15, -0.1) is 0 Å². The number of nitrogens with zero attached hydrogens (tertiary/aromatic N) is 1. The summed E-state index contributed by atoms with van der Waals surface area (Å²) < 4.78 is 5.44. The topological polar surface area (TPSA) is 45.0 Å². The van der Waals surface area contributed by atoms with Crippen LogP contribution in [0.5, 0.6) is 5.75 Å². The van der Waals surface area contributed by atoms with Gasteiger partial charge in [-0.3, -0.25) is 0 Å². The van der Waals surface area contributed by atoms with Crippen LogP contribution in [0.3, 0.4) is 0 Å². The molecule has 0 bridgehead atoms. The van der Waals surface area contributed by atoms with Gasteiger partial charge in [0.25, 0.3) is 0 Å². The molecule has 2 rings (SSSR count). The molecule has 78 valence electrons. The van der Waals surface area contributed by atoms with E-state index in [1.54, 1.807) is 0 Å². The van der Waals surface area contributed by atoms with Gasteiger partial charge in [0, 0.05) is 12.5 Å². The molecule has 0 saturated carbocycles. The van der Waals surface area contributed by atoms with E-state index in [9.17, 15) is 0 Å². The van der Waals surface area contributed by atoms with E-state index in [0.29, 0.717) is 6.42 Å². The summed E-state index contributed by atoms with van der Waals surface area (Å²) in [4.78, 5) is 0. The summed E-state index contributed by atoms with van der Waals surface area (Å²) >= 11 is 0. The Bertz CT molecular complexity index is 395. The van der Waals surface area contributed by atoms with Crippen LogP contribution in [0.4, 0.5) is 0 Å². The predicted octanol–water partition coefficient (Wildman–Crippen LogP) is 1.80. The maximum absolute atomic E-state index is 8.71. The Hall–Kier alpha value is -1.53. The number of nitrogens with one attached hydrogen (secondary N) is 1. The van der Waals surface area contributed by atoms with Crippen molar-refractivity contribution < 1.29 is 4.74 Å². The summed E-state index contributed by atoms with van der Waals surface area (Å²) in [7, 11) is 1.88. The van der Waals surface area contributed by atoms with Gasteiger partial charge in [-0.2, -0.15) is 5.26 Å². The first-order chi connectivity index (χ1) is 7.35. The van der Waals surface area contributed by atoms with Crippen LogP contribution in [0.1, 0.15) is 23.6 Å². The summed E-state index contributed by atoms with van der Waals surface area (Å²) in [6.45, 7) is 0.779. The van der Waals surface area contributed by atoms with Crippen molar-refractivity contribution in [2.45, 2.75) is 18.9 Å². The first-order valence-electron chi connectivity index (χ1n) is 5.15. The lowest BCUT2D eigenvalue weighted by atomic mass is 10.0. The van der Waals surface area contributed by atoms with Crippen molar-refractivity contribution in [3.05, 3.63) is 29.3 Å². The number of hydrogen-bond donors (Lipinski definition) is 1. The average Bonchev–Trinajstić information content (AvgIpc) is 2.72. The van der Waals surface area contributed by atoms with Crippen molar-refractivity contribution >= 4 is 0 Å². The lowest BCUT2D eigenvalue weighted by Gasteiger charge is -2.13. The highest BCUT2D eigenvalue weighted by molar-refractivity contribution is 5.40. The molecule has 0 spiro atoms. The number of rotatable bonds is 3. The van der Waals surface area contributed by atoms with Crippen LogP contribution in [0.25, 0.3) is 0 Å². The molecule has 0 amide bonds. The van der Waals surface area contributed by atoms with E-state index in [-0.39, 0.29) is 6.04 Å². The van der Waals surface area contributed by atoms with Crippen molar-refractivity contribution in [1.29, 1.82) is 5.26 Å². The van der Waals surface area contributed by atoms with Crippen molar-refractivity contribution in [3.63, 3.8) is 0 Å². The first-order valence-corrected chi connectivity index (χ1v) is 5.15. The van der Waals surface area contributed by atoms with E-state index < -0.39 is 0 Å². The molecular formula is C12H14N2O. The Morgan fingerprint density at radius 2 is 2.47 bits per heavy atom. The zero-order valence-corrected chi connectivity index (χ0v) is 8.79. The summed E-state index contributed by atoms with van der Waals surface area (Å²) in [6, 6.07) is 8.49. The molecule has 1 aromatic rings. The Morgan fingerprint density at radius 3 is 3.20 bits per heavy atom. The molecule has 0 fully saturated rings. The summed E-state index contributed by atoms with van der Waals surface area (Å²) in [6.07, 6.45) is 1.47. The minimum absolute atomic E-state index is 0.126. The normalized spacial score (nSPS) is 15.2. The van der Waals surface area contributed by atoms with Crippen molar-refractivity contribution in [2.24, 2.45) is 0 Å². The lowest BCUT2D eigenvalue weighted by Crippen LogP contribution is -2.15. The standard InChI is InChI=1S/C12H14N2O/c1-14-11(4-6-13)9-2-3-12-10(8-9)5-7-15-12/h2-3,8,11,14H,4-5,7H2,1H3. The maximum atomic E-state index is 8.71. The molecule has 3 heteroatoms. The van der Waals surface area contributed by atoms with Gasteiger partial charge in [0.05, 0.1) is 19.1 Å². The summed E-state index contributed by atoms with van der Waals surface area (Å²) in [5.74, 6) is 0.991. The second kappa shape index (κ2) is 4.33. The van der Waals surface area contributed by atoms with Gasteiger partial charge in [0.15, 0.2) is 0 Å². The van der Waals surface area contributed by atoms with Gasteiger partial charge in [0.1, 0.15) is 5.75 Å². The van der Waals surface area contributed by atoms with Gasteiger partial charge in [0.2, 0.25) is 0 Å². The third-order valence-corrected chi connectivity index (χ3v) is 2.76. The minimum Gasteiger partial charge on any atom is -0.493 e. The second-order valence-corrected chi connectivity index (χ2v) is 3.67. The maximum Gasteiger partial charge on any atom is 0.122 e. The highest BCUT2D eigenvalue weighted by atomic mass is 16.5. The van der Waals surface area contributed by atoms with Crippen molar-refractivity contribution in [1.82, 2.24) is 5.32 Å². The largest absolute Gasteiger partial charge is 0.493 e. The van der Waals surface area contributed by atoms with E-state index in [1.165, 1.54) is 11.1 Å². The fraction of sp³-hybridized carbons (Fsp3) is 0.417. The SMILES string of the molecule is CNC(CC#N)c1ccc2c(c1)CCO2. The van der Waals surface area contributed by atoms with Crippen LogP contribution >= 0.6 is 0 Å². The highest BCUT2D eigenvalue weighted by Crippen LogP contribution is 2.28. The number of benzene rings is 1. The zero-order valence-electron chi connectivity index (χ0n) is 8.79. The second-order valence-electron chi connectivity index (χ2n) is 3.67. The molecule has 3 nitrogen and oxygen atoms in total. The average molecular weight is 202 g/mol. The van der Waals surface area contributed by atoms with Crippen LogP contribution in [-0.4, -0.2) is 13.7 Å². The number of nitriles is 1. The molecule has 1 N–H and O–H groups in total. The van der Waals surface area contributed by atoms with E-state index in [1.807, 2.05) is 19.2 Å². The van der Waals surface area contributed by atoms with Crippen molar-refractivity contribution in [2.75, 3.05) is 13.7 Å². The molecule has 15 heavy (non-hydrogen) atoms. The third-order valence-electron chi connectivity index (χ3n) is 2.76. The highest BCUT2D eigenvalue weighted by Gasteiger charge is 2.15. The molecular weight excluding hydrogens is 188 g/mol. The van der Waals surface area contributed by atoms with Crippen LogP contribution in [0.2, 0.25) is 0 Å². The van der Waals surface area contributed by atoms with Gasteiger partial charge in [-0.05, 0) is 24.2 Å². The molecule has 0 aliphatic carbocycles. The third kappa shape index (κ3) is 1.95. The van der Waals surface area contributed by atoms with E-state index in [4.69, 9.17) is 10.00 Å². The van der Waals surface area contributed by atoms with Crippen LogP contribution in [0.15, 0.2) is 18.2 Å². The predicted molar refractivity (Wildman–Crippen MR) is 57.7 cm³/mol. The Morgan fingerprint density at radius 1 is 1.60 bits per heavy atom. The Labute approximate surface area is 89.7 Å². The molecule has 0 aromatic heterocycles. The number of fused-ring (bicyclic) bond motifs is 1. The number of ether oxygens (including phenoxy) is 1. The first kappa shape index (κ1) is 10.0. The summed E-state index contributed by atoms with van der Waals surface area (Å²) in [5, 5.41) is 11.9. The smallest absolute Gasteiger partial charge is 0.122 e. The fourth-order valence-electron chi connectivity index (χ4n) is 1.90. The lowest BCUT2D eigenvalue weighted by molar-refractivity contribution is 0.356. The zero-order chi connectivity index (χ0) is 10.7. The quantitative estimate of drug-likeness (QED) is 0.812. The molecule has 0 radical (unpaired) electrons. The van der Waals surface area contributed by atoms with E-state index >= 15 is 0 Å². The molecule has 0 saturated heterocycles. The minimum atomic E-state index is 0.126. The van der Waals surface area contributed by atoms with E-state index in [2.05, 4.69) is 17.5 Å². The van der Waals surface area contributed by atoms with Crippen LogP contribution < -0.4 is 10.1 Å². The molecule has 1 aromatic carbocycles. The Balaban J connectivity index is 2.25. The van der Waals surface area contributed by atoms with Gasteiger partial charge >= 0.3 is 0 Å². The molecule has 1 aliphatic heterocycles. The fourth-order valence-corrected chi connectivity index (χ4v) is 1.90. The van der Waals surface area contributed by atoms with Crippen molar-refractivity contribution in [3.8, 4) is 11.8 Å². The molecule has 1 heterocycles. The summed E-state index contributed by atoms with van der Waals surface area (Å²) in [5.41, 5.74) is 2.42. The van der Waals surface area contributed by atoms with Crippen LogP contribution in [-0.2, 0) is 6.42 Å². The van der Waals surface area contributed by atoms with E-state index in [0.717, 1.165) is 18.8 Å². The molecule has 1 atom stereocenters. The van der Waals surface area contributed by atoms with Gasteiger partial charge < -0.3 is 10.1 Å².